The van der Waals surface area contributed by atoms with Crippen LogP contribution in [0.2, 0.25) is 0 Å². The fraction of sp³-hybridized carbons (Fsp3) is 0.487. The maximum Gasteiger partial charge on any atom is 1.00 e. The molecule has 2 amide bonds. The summed E-state index contributed by atoms with van der Waals surface area (Å²) in [6.45, 7) is 17.6. The first kappa shape index (κ1) is 117. The van der Waals surface area contributed by atoms with Crippen LogP contribution in [0.25, 0.3) is 26.7 Å². The average molecular weight is 1670 g/mol. The summed E-state index contributed by atoms with van der Waals surface area (Å²) in [7, 11) is -54.7. The Bertz CT molecular complexity index is 3970. The Hall–Kier alpha value is -2.96. The maximum absolute atomic E-state index is 12.0. The van der Waals surface area contributed by atoms with E-state index in [1.54, 1.807) is 0 Å². The third-order valence-electron chi connectivity index (χ3n) is 8.32. The molecule has 0 aliphatic heterocycles. The standard InChI is InChI=1S/C9H7F3NO4S2.C8H12F3N2O5S2.C8H11F3NO6S2.C7H10F3N2O5S2.C7H9F3NO6S2.5Li/c1-2-7-3-5-8(6-4-7)18(14,15)13-19(16,17)9(10,11)12;1-6(2)7(14)12-4-3-5-19(15,16)13-20(17,18)8(9,10)11;1-6(2)7(13)18-4-3-5-19(14,15)12-20(16,17)8(9,10)11;1-2-6(13)11-4-3-5-18(14,15)12-19(16,17)7(8,9)10;1-2-6(12)17-4-3-5-18(13,14)11-19(15,16)7(8,9)10;;;;;/h2-6H,1H2;1,3-5H2,2H3,(H,12,14);1,3-5H2,2H3;2H,1,3-5H2,(H,11,13);2H,1,3-5H2;;;;;/q5*-1;5*+1. The van der Waals surface area contributed by atoms with Crippen molar-refractivity contribution >= 4 is 130 Å². The first-order chi connectivity index (χ1) is 42.9. The molecule has 0 aromatic heterocycles. The Morgan fingerprint density at radius 2 is 0.686 bits per heavy atom. The van der Waals surface area contributed by atoms with E-state index in [0.29, 0.717) is 5.56 Å². The van der Waals surface area contributed by atoms with Gasteiger partial charge in [0.05, 0.1) is 53.3 Å². The number of nitrogens with zero attached hydrogens (tertiary/aromatic N) is 5. The molecule has 0 bridgehead atoms. The van der Waals surface area contributed by atoms with Crippen LogP contribution in [0.3, 0.4) is 0 Å². The summed E-state index contributed by atoms with van der Waals surface area (Å²) in [5, 5.41) is 4.39. The molecule has 0 spiro atoms. The molecule has 1 aromatic rings. The minimum absolute atomic E-state index is 0. The third-order valence-corrected chi connectivity index (χ3v) is 23.7. The van der Waals surface area contributed by atoms with Crippen LogP contribution in [0.1, 0.15) is 45.1 Å². The normalized spacial score (nSPS) is 12.4. The van der Waals surface area contributed by atoms with Crippen molar-refractivity contribution in [3.8, 4) is 0 Å². The van der Waals surface area contributed by atoms with E-state index < -0.39 is 205 Å². The molecule has 1 aromatic carbocycles. The molecule has 0 atom stereocenters. The zero-order valence-electron chi connectivity index (χ0n) is 53.2. The molecule has 0 radical (unpaired) electrons. The maximum atomic E-state index is 12.0. The zero-order chi connectivity index (χ0) is 77.9. The van der Waals surface area contributed by atoms with Gasteiger partial charge in [-0.25, -0.2) is 93.8 Å². The van der Waals surface area contributed by atoms with E-state index in [2.05, 4.69) is 53.0 Å². The van der Waals surface area contributed by atoms with Gasteiger partial charge in [-0.1, -0.05) is 51.1 Å². The van der Waals surface area contributed by atoms with Crippen LogP contribution < -0.4 is 105 Å². The van der Waals surface area contributed by atoms with Crippen LogP contribution in [0.15, 0.2) is 85.4 Å². The Kier molecular flexibility index (Phi) is 55.0. The number of carbonyl (C=O) groups is 4. The van der Waals surface area contributed by atoms with Crippen molar-refractivity contribution in [1.29, 1.82) is 0 Å². The van der Waals surface area contributed by atoms with Crippen molar-refractivity contribution in [3.63, 3.8) is 0 Å². The Labute approximate surface area is 635 Å². The fourth-order valence-corrected chi connectivity index (χ4v) is 15.6. The zero-order valence-corrected chi connectivity index (χ0v) is 61.3. The summed E-state index contributed by atoms with van der Waals surface area (Å²) in [6.07, 6.45) is 1.69. The molecule has 0 unspecified atom stereocenters. The van der Waals surface area contributed by atoms with Gasteiger partial charge in [-0.2, -0.15) is 65.9 Å². The molecule has 0 saturated carbocycles. The number of benzene rings is 1. The molecule has 2 N–H and O–H groups in total. The van der Waals surface area contributed by atoms with Gasteiger partial charge in [-0.15, -0.1) is 0 Å². The molecule has 0 heterocycles. The van der Waals surface area contributed by atoms with Crippen LogP contribution >= 0.6 is 0 Å². The van der Waals surface area contributed by atoms with Crippen molar-refractivity contribution in [1.82, 2.24) is 10.6 Å². The van der Waals surface area contributed by atoms with E-state index in [0.717, 1.165) is 24.3 Å². The third kappa shape index (κ3) is 49.8. The smallest absolute Gasteiger partial charge is 0.463 e. The van der Waals surface area contributed by atoms with Gasteiger partial charge >= 0.3 is 134 Å². The first-order valence-corrected chi connectivity index (χ1v) is 38.6. The quantitative estimate of drug-likeness (QED) is 0.0222. The number of ether oxygens (including phenoxy) is 2. The molecular weight excluding hydrogens is 1620 g/mol. The van der Waals surface area contributed by atoms with Gasteiger partial charge in [0, 0.05) is 58.2 Å². The van der Waals surface area contributed by atoms with Gasteiger partial charge in [0.1, 0.15) is 10.0 Å². The SMILES string of the molecule is C=C(C)C(=O)NCCCS(=O)(=O)[N-]S(=O)(=O)C(F)(F)F.C=C(C)C(=O)OCCCS(=O)(=O)[N-]S(=O)(=O)C(F)(F)F.C=CC(=O)NCCCS(=O)(=O)[N-]S(=O)(=O)C(F)(F)F.C=CC(=O)OCCCS(=O)(=O)[N-]S(=O)(=O)C(F)(F)F.C=Cc1ccc(S(=O)(=O)[N-]S(=O)(=O)C(F)(F)F)cc1.[Li+].[Li+].[Li+].[Li+].[Li+]. The topological polar surface area (TPSA) is 523 Å². The van der Waals surface area contributed by atoms with Crippen LogP contribution in [0.5, 0.6) is 0 Å². The van der Waals surface area contributed by atoms with Gasteiger partial charge in [-0.3, -0.25) is 9.59 Å². The van der Waals surface area contributed by atoms with Crippen LogP contribution in [-0.4, -0.2) is 185 Å². The molecule has 0 saturated heterocycles. The van der Waals surface area contributed by atoms with Crippen molar-refractivity contribution in [2.45, 2.75) is 72.0 Å². The summed E-state index contributed by atoms with van der Waals surface area (Å²) >= 11 is 0. The van der Waals surface area contributed by atoms with Crippen molar-refractivity contribution in [2.75, 3.05) is 49.3 Å². The fourth-order valence-electron chi connectivity index (χ4n) is 4.05. The van der Waals surface area contributed by atoms with E-state index in [1.165, 1.54) is 32.1 Å². The van der Waals surface area contributed by atoms with Gasteiger partial charge in [0.2, 0.25) is 11.8 Å². The van der Waals surface area contributed by atoms with Gasteiger partial charge < -0.3 is 40.7 Å². The Balaban J connectivity index is -0.000000150. The van der Waals surface area contributed by atoms with E-state index in [4.69, 9.17) is 0 Å². The monoisotopic (exact) mass is 1670 g/mol. The van der Waals surface area contributed by atoms with Crippen LogP contribution in [0.4, 0.5) is 65.9 Å². The largest absolute Gasteiger partial charge is 1.00 e. The first-order valence-electron chi connectivity index (χ1n) is 23.5. The molecule has 33 nitrogen and oxygen atoms in total. The Morgan fingerprint density at radius 1 is 0.412 bits per heavy atom. The van der Waals surface area contributed by atoms with E-state index in [9.17, 15) is 169 Å². The minimum atomic E-state index is -6.11. The second-order valence-corrected chi connectivity index (χ2v) is 34.4. The number of amides is 2. The summed E-state index contributed by atoms with van der Waals surface area (Å²) in [5.74, 6) is -6.71. The van der Waals surface area contributed by atoms with Gasteiger partial charge in [-0.05, 0) is 63.3 Å². The molecule has 0 fully saturated rings. The number of hydrogen-bond donors (Lipinski definition) is 2. The predicted octanol–water partition coefficient (Wildman–Crippen LogP) is -10.2. The number of hydrogen-bond acceptors (Lipinski definition) is 26. The van der Waals surface area contributed by atoms with Gasteiger partial charge in [0.25, 0.3) is 0 Å². The second kappa shape index (κ2) is 47.8. The Morgan fingerprint density at radius 3 is 0.941 bits per heavy atom. The summed E-state index contributed by atoms with van der Waals surface area (Å²) in [6, 6.07) is 4.36. The number of nitrogens with one attached hydrogen (secondary N) is 2. The van der Waals surface area contributed by atoms with Crippen molar-refractivity contribution in [2.24, 2.45) is 0 Å². The van der Waals surface area contributed by atoms with E-state index in [-0.39, 0.29) is 131 Å². The number of carbonyl (C=O) groups excluding carboxylic acids is 4. The molecule has 63 heteroatoms. The number of sulfonamides is 10. The van der Waals surface area contributed by atoms with Crippen molar-refractivity contribution in [3.05, 3.63) is 107 Å². The second-order valence-electron chi connectivity index (χ2n) is 16.6. The molecule has 0 aliphatic carbocycles. The van der Waals surface area contributed by atoms with Crippen molar-refractivity contribution < 1.29 is 273 Å². The number of halogens is 15. The molecule has 0 aliphatic rings. The molecule has 566 valence electrons. The number of alkyl halides is 15. The van der Waals surface area contributed by atoms with Crippen LogP contribution in [0, 0.1) is 0 Å². The summed E-state index contributed by atoms with van der Waals surface area (Å²) in [4.78, 5) is 42.4. The molecule has 1 rings (SSSR count). The minimum Gasteiger partial charge on any atom is -0.463 e. The molecule has 102 heavy (non-hydrogen) atoms. The summed E-state index contributed by atoms with van der Waals surface area (Å²) in [5.41, 5.74) is -28.1. The van der Waals surface area contributed by atoms with Gasteiger partial charge in [0.15, 0.2) is 50.1 Å². The average Bonchev–Trinajstić information content (AvgIpc) is 0.822. The predicted molar refractivity (Wildman–Crippen MR) is 307 cm³/mol. The summed E-state index contributed by atoms with van der Waals surface area (Å²) < 4.78 is 414. The van der Waals surface area contributed by atoms with Crippen LogP contribution in [-0.2, 0) is 129 Å². The van der Waals surface area contributed by atoms with E-state index >= 15 is 0 Å². The number of esters is 2. The van der Waals surface area contributed by atoms with E-state index in [1.807, 2.05) is 20.6 Å². The molecular formula is C39H49F15Li5N7O26S10. The number of rotatable bonds is 32.